The first-order valence-electron chi connectivity index (χ1n) is 14.2. The molecule has 4 aromatic rings. The molecule has 1 aliphatic rings. The van der Waals surface area contributed by atoms with Crippen molar-refractivity contribution in [3.05, 3.63) is 83.1 Å². The molecule has 220 valence electrons. The minimum absolute atomic E-state index is 0.00312. The molecule has 10 heteroatoms. The van der Waals surface area contributed by atoms with E-state index in [0.717, 1.165) is 35.4 Å². The van der Waals surface area contributed by atoms with Crippen LogP contribution in [0.4, 0.5) is 10.6 Å². The Morgan fingerprint density at radius 2 is 1.60 bits per heavy atom. The summed E-state index contributed by atoms with van der Waals surface area (Å²) in [4.78, 5) is 41.9. The van der Waals surface area contributed by atoms with E-state index in [4.69, 9.17) is 9.15 Å². The molecule has 0 radical (unpaired) electrons. The standard InChI is InChI=1S/C32H37N5O5/c1-31(2,3)42-30(40)37-24-19-25(29(39)34-32(4,5)23-11-7-6-8-12-23)41-26(24)27(35-37)33-28(38)22-15-13-21(14-16-22)20-36-17-9-10-18-36/h6-8,11-16,19H,9-10,17-18,20H2,1-5H3,(H,34,39)(H,33,35,38). The van der Waals surface area contributed by atoms with E-state index >= 15 is 0 Å². The van der Waals surface area contributed by atoms with Gasteiger partial charge < -0.3 is 19.8 Å². The van der Waals surface area contributed by atoms with Gasteiger partial charge in [0.1, 0.15) is 11.1 Å². The molecular formula is C32H37N5O5. The average molecular weight is 572 g/mol. The number of aromatic nitrogens is 2. The van der Waals surface area contributed by atoms with E-state index in [9.17, 15) is 14.4 Å². The number of likely N-dealkylation sites (tertiary alicyclic amines) is 1. The summed E-state index contributed by atoms with van der Waals surface area (Å²) >= 11 is 0. The van der Waals surface area contributed by atoms with Crippen LogP contribution in [0, 0.1) is 0 Å². The Morgan fingerprint density at radius 1 is 0.929 bits per heavy atom. The minimum atomic E-state index is -0.792. The van der Waals surface area contributed by atoms with Gasteiger partial charge in [-0.05, 0) is 83.8 Å². The number of rotatable bonds is 7. The number of carbonyl (C=O) groups excluding carboxylic acids is 3. The number of hydrogen-bond donors (Lipinski definition) is 2. The van der Waals surface area contributed by atoms with Crippen molar-refractivity contribution in [3.8, 4) is 0 Å². The maximum Gasteiger partial charge on any atom is 0.435 e. The molecule has 10 nitrogen and oxygen atoms in total. The first-order valence-corrected chi connectivity index (χ1v) is 14.2. The van der Waals surface area contributed by atoms with Crippen LogP contribution < -0.4 is 10.6 Å². The van der Waals surface area contributed by atoms with Crippen molar-refractivity contribution in [1.82, 2.24) is 20.0 Å². The second-order valence-electron chi connectivity index (χ2n) is 12.1. The van der Waals surface area contributed by atoms with Crippen LogP contribution in [-0.4, -0.2) is 51.3 Å². The van der Waals surface area contributed by atoms with Gasteiger partial charge >= 0.3 is 6.09 Å². The predicted octanol–water partition coefficient (Wildman–Crippen LogP) is 5.93. The first-order chi connectivity index (χ1) is 19.9. The van der Waals surface area contributed by atoms with Gasteiger partial charge in [-0.2, -0.15) is 4.68 Å². The quantitative estimate of drug-likeness (QED) is 0.282. The molecule has 0 saturated carbocycles. The minimum Gasteiger partial charge on any atom is -0.445 e. The molecule has 0 atom stereocenters. The number of anilines is 1. The van der Waals surface area contributed by atoms with Crippen LogP contribution >= 0.6 is 0 Å². The van der Waals surface area contributed by atoms with Gasteiger partial charge in [0.25, 0.3) is 11.8 Å². The van der Waals surface area contributed by atoms with Crippen molar-refractivity contribution in [2.24, 2.45) is 0 Å². The molecule has 5 rings (SSSR count). The monoisotopic (exact) mass is 571 g/mol. The van der Waals surface area contributed by atoms with Gasteiger partial charge in [-0.25, -0.2) is 4.79 Å². The van der Waals surface area contributed by atoms with Crippen molar-refractivity contribution in [1.29, 1.82) is 0 Å². The van der Waals surface area contributed by atoms with Gasteiger partial charge in [0.2, 0.25) is 0 Å². The van der Waals surface area contributed by atoms with E-state index in [2.05, 4.69) is 20.6 Å². The summed E-state index contributed by atoms with van der Waals surface area (Å²) in [5, 5.41) is 10.0. The van der Waals surface area contributed by atoms with Crippen LogP contribution in [0.15, 0.2) is 65.1 Å². The Bertz CT molecular complexity index is 1590. The number of amides is 2. The van der Waals surface area contributed by atoms with Gasteiger partial charge in [-0.3, -0.25) is 14.5 Å². The molecule has 2 aromatic carbocycles. The smallest absolute Gasteiger partial charge is 0.435 e. The summed E-state index contributed by atoms with van der Waals surface area (Å²) in [6, 6.07) is 18.4. The molecular weight excluding hydrogens is 534 g/mol. The SMILES string of the molecule is CC(C)(C)OC(=O)n1nc(NC(=O)c2ccc(CN3CCCC3)cc2)c2oc(C(=O)NC(C)(C)c3ccccc3)cc21. The van der Waals surface area contributed by atoms with Crippen molar-refractivity contribution in [3.63, 3.8) is 0 Å². The molecule has 1 aliphatic heterocycles. The van der Waals surface area contributed by atoms with Crippen LogP contribution in [-0.2, 0) is 16.8 Å². The average Bonchev–Trinajstić information content (AvgIpc) is 3.67. The highest BCUT2D eigenvalue weighted by Crippen LogP contribution is 2.29. The summed E-state index contributed by atoms with van der Waals surface area (Å²) in [5.74, 6) is -0.943. The zero-order valence-corrected chi connectivity index (χ0v) is 24.7. The highest BCUT2D eigenvalue weighted by atomic mass is 16.6. The van der Waals surface area contributed by atoms with E-state index in [-0.39, 0.29) is 22.7 Å². The molecule has 0 spiro atoms. The molecule has 1 fully saturated rings. The number of carbonyl (C=O) groups is 3. The molecule has 2 aromatic heterocycles. The third kappa shape index (κ3) is 6.54. The second kappa shape index (κ2) is 11.4. The van der Waals surface area contributed by atoms with Gasteiger partial charge in [0.05, 0.1) is 5.54 Å². The van der Waals surface area contributed by atoms with E-state index in [1.165, 1.54) is 18.9 Å². The molecule has 0 aliphatic carbocycles. The Kier molecular flexibility index (Phi) is 7.92. The summed E-state index contributed by atoms with van der Waals surface area (Å²) < 4.78 is 12.4. The summed E-state index contributed by atoms with van der Waals surface area (Å²) in [5.41, 5.74) is 1.25. The molecule has 1 saturated heterocycles. The predicted molar refractivity (Wildman–Crippen MR) is 159 cm³/mol. The Hall–Kier alpha value is -4.44. The maximum absolute atomic E-state index is 13.3. The van der Waals surface area contributed by atoms with Gasteiger partial charge in [0.15, 0.2) is 17.2 Å². The van der Waals surface area contributed by atoms with Gasteiger partial charge in [-0.15, -0.1) is 5.10 Å². The third-order valence-corrected chi connectivity index (χ3v) is 7.12. The van der Waals surface area contributed by atoms with Crippen molar-refractivity contribution < 1.29 is 23.5 Å². The van der Waals surface area contributed by atoms with E-state index in [0.29, 0.717) is 5.56 Å². The summed E-state index contributed by atoms with van der Waals surface area (Å²) in [7, 11) is 0. The number of benzene rings is 2. The number of hydrogen-bond acceptors (Lipinski definition) is 7. The fourth-order valence-electron chi connectivity index (χ4n) is 4.96. The number of nitrogens with one attached hydrogen (secondary N) is 2. The van der Waals surface area contributed by atoms with Crippen LogP contribution in [0.3, 0.4) is 0 Å². The lowest BCUT2D eigenvalue weighted by Gasteiger charge is -2.26. The van der Waals surface area contributed by atoms with Crippen LogP contribution in [0.25, 0.3) is 11.1 Å². The lowest BCUT2D eigenvalue weighted by molar-refractivity contribution is 0.0522. The summed E-state index contributed by atoms with van der Waals surface area (Å²) in [6.07, 6.45) is 1.66. The van der Waals surface area contributed by atoms with E-state index in [1.807, 2.05) is 56.3 Å². The number of furan rings is 1. The Morgan fingerprint density at radius 3 is 2.24 bits per heavy atom. The van der Waals surface area contributed by atoms with Gasteiger partial charge in [-0.1, -0.05) is 42.5 Å². The number of fused-ring (bicyclic) bond motifs is 1. The second-order valence-corrected chi connectivity index (χ2v) is 12.1. The van der Waals surface area contributed by atoms with Crippen LogP contribution in [0.5, 0.6) is 0 Å². The van der Waals surface area contributed by atoms with Crippen LogP contribution in [0.1, 0.15) is 79.5 Å². The fraction of sp³-hybridized carbons (Fsp3) is 0.375. The zero-order chi connectivity index (χ0) is 30.1. The summed E-state index contributed by atoms with van der Waals surface area (Å²) in [6.45, 7) is 12.0. The highest BCUT2D eigenvalue weighted by molar-refractivity contribution is 6.08. The Labute approximate surface area is 245 Å². The topological polar surface area (TPSA) is 119 Å². The fourth-order valence-corrected chi connectivity index (χ4v) is 4.96. The number of nitrogens with zero attached hydrogens (tertiary/aromatic N) is 3. The lowest BCUT2D eigenvalue weighted by atomic mass is 9.94. The van der Waals surface area contributed by atoms with Crippen LogP contribution in [0.2, 0.25) is 0 Å². The highest BCUT2D eigenvalue weighted by Gasteiger charge is 2.30. The van der Waals surface area contributed by atoms with Crippen molar-refractivity contribution >= 4 is 34.8 Å². The van der Waals surface area contributed by atoms with Crippen molar-refractivity contribution in [2.45, 2.75) is 65.1 Å². The molecule has 0 bridgehead atoms. The van der Waals surface area contributed by atoms with E-state index < -0.39 is 29.0 Å². The molecule has 0 unspecified atom stereocenters. The molecule has 2 amide bonds. The maximum atomic E-state index is 13.3. The molecule has 2 N–H and O–H groups in total. The van der Waals surface area contributed by atoms with Crippen molar-refractivity contribution in [2.75, 3.05) is 18.4 Å². The molecule has 3 heterocycles. The Balaban J connectivity index is 1.41. The number of ether oxygens (including phenoxy) is 1. The van der Waals surface area contributed by atoms with E-state index in [1.54, 1.807) is 32.9 Å². The largest absolute Gasteiger partial charge is 0.445 e. The van der Waals surface area contributed by atoms with Gasteiger partial charge in [0, 0.05) is 18.2 Å². The normalized spacial score (nSPS) is 14.2. The lowest BCUT2D eigenvalue weighted by Crippen LogP contribution is -2.40. The molecule has 42 heavy (non-hydrogen) atoms. The third-order valence-electron chi connectivity index (χ3n) is 7.12. The zero-order valence-electron chi connectivity index (χ0n) is 24.7. The first kappa shape index (κ1) is 29.1.